The predicted octanol–water partition coefficient (Wildman–Crippen LogP) is 6.28. The number of alkyl halides is 3. The summed E-state index contributed by atoms with van der Waals surface area (Å²) < 4.78 is 38.3. The van der Waals surface area contributed by atoms with E-state index in [1.807, 2.05) is 12.1 Å². The summed E-state index contributed by atoms with van der Waals surface area (Å²) in [6.45, 7) is 4.27. The van der Waals surface area contributed by atoms with Gasteiger partial charge in [0.1, 0.15) is 0 Å². The Labute approximate surface area is 177 Å². The van der Waals surface area contributed by atoms with Crippen molar-refractivity contribution in [3.63, 3.8) is 0 Å². The molecule has 0 N–H and O–H groups in total. The van der Waals surface area contributed by atoms with Crippen LogP contribution in [-0.4, -0.2) is 18.4 Å². The fraction of sp³-hybridized carbons (Fsp3) is 0.240. The largest absolute Gasteiger partial charge is 0.416 e. The standard InChI is InChI=1S/C25H25F3NP/c1-19(2)24(29-17-20-13-15-21(16-14-20)25(26,27)28)18-30(22-9-5-3-6-10-22)23-11-7-4-8-12-23/h3-17,19,24H,18H2,1-2H3/t24-/m1/s1. The first-order valence-electron chi connectivity index (χ1n) is 9.92. The van der Waals surface area contributed by atoms with Crippen LogP contribution in [-0.2, 0) is 6.18 Å². The third-order valence-electron chi connectivity index (χ3n) is 4.93. The van der Waals surface area contributed by atoms with Crippen LogP contribution in [0.15, 0.2) is 89.9 Å². The number of aliphatic imine (C=N–C) groups is 1. The molecule has 0 aromatic heterocycles. The van der Waals surface area contributed by atoms with E-state index in [-0.39, 0.29) is 6.04 Å². The molecular weight excluding hydrogens is 402 g/mol. The summed E-state index contributed by atoms with van der Waals surface area (Å²) in [7, 11) is -0.586. The first kappa shape index (κ1) is 22.2. The van der Waals surface area contributed by atoms with Crippen LogP contribution in [0.5, 0.6) is 0 Å². The van der Waals surface area contributed by atoms with Gasteiger partial charge in [0.05, 0.1) is 11.6 Å². The highest BCUT2D eigenvalue weighted by molar-refractivity contribution is 7.73. The number of halogens is 3. The lowest BCUT2D eigenvalue weighted by molar-refractivity contribution is -0.137. The van der Waals surface area contributed by atoms with Gasteiger partial charge in [-0.1, -0.05) is 86.6 Å². The van der Waals surface area contributed by atoms with E-state index < -0.39 is 19.7 Å². The molecule has 0 aliphatic rings. The third-order valence-corrected chi connectivity index (χ3v) is 7.51. The van der Waals surface area contributed by atoms with Crippen molar-refractivity contribution in [3.05, 3.63) is 96.1 Å². The quantitative estimate of drug-likeness (QED) is 0.311. The minimum atomic E-state index is -4.32. The minimum Gasteiger partial charge on any atom is -0.289 e. The van der Waals surface area contributed by atoms with Gasteiger partial charge in [-0.25, -0.2) is 0 Å². The van der Waals surface area contributed by atoms with Crippen molar-refractivity contribution in [2.24, 2.45) is 10.9 Å². The van der Waals surface area contributed by atoms with Gasteiger partial charge in [-0.05, 0) is 48.3 Å². The molecule has 0 saturated carbocycles. The number of rotatable bonds is 7. The van der Waals surface area contributed by atoms with Crippen molar-refractivity contribution in [1.82, 2.24) is 0 Å². The number of hydrogen-bond acceptors (Lipinski definition) is 1. The topological polar surface area (TPSA) is 12.4 Å². The molecule has 5 heteroatoms. The van der Waals surface area contributed by atoms with Gasteiger partial charge in [-0.15, -0.1) is 0 Å². The van der Waals surface area contributed by atoms with Gasteiger partial charge in [-0.3, -0.25) is 4.99 Å². The van der Waals surface area contributed by atoms with E-state index in [0.29, 0.717) is 11.5 Å². The lowest BCUT2D eigenvalue weighted by Crippen LogP contribution is -2.24. The molecule has 0 amide bonds. The van der Waals surface area contributed by atoms with Gasteiger partial charge in [0.15, 0.2) is 0 Å². The molecule has 0 bridgehead atoms. The van der Waals surface area contributed by atoms with Crippen LogP contribution in [0.3, 0.4) is 0 Å². The predicted molar refractivity (Wildman–Crippen MR) is 122 cm³/mol. The van der Waals surface area contributed by atoms with E-state index in [9.17, 15) is 13.2 Å². The van der Waals surface area contributed by atoms with Gasteiger partial charge in [-0.2, -0.15) is 13.2 Å². The lowest BCUT2D eigenvalue weighted by atomic mass is 10.1. The highest BCUT2D eigenvalue weighted by Gasteiger charge is 2.29. The van der Waals surface area contributed by atoms with Crippen LogP contribution < -0.4 is 10.6 Å². The van der Waals surface area contributed by atoms with Crippen molar-refractivity contribution in [2.45, 2.75) is 26.1 Å². The Morgan fingerprint density at radius 2 is 1.30 bits per heavy atom. The van der Waals surface area contributed by atoms with E-state index in [1.54, 1.807) is 6.21 Å². The molecule has 0 saturated heterocycles. The van der Waals surface area contributed by atoms with E-state index in [0.717, 1.165) is 18.3 Å². The molecule has 0 aliphatic heterocycles. The van der Waals surface area contributed by atoms with Crippen molar-refractivity contribution in [3.8, 4) is 0 Å². The number of nitrogens with zero attached hydrogens (tertiary/aromatic N) is 1. The van der Waals surface area contributed by atoms with Gasteiger partial charge in [0, 0.05) is 6.21 Å². The van der Waals surface area contributed by atoms with E-state index >= 15 is 0 Å². The molecule has 1 nitrogen and oxygen atoms in total. The zero-order valence-corrected chi connectivity index (χ0v) is 17.9. The molecule has 0 spiro atoms. The molecule has 0 aliphatic carbocycles. The number of benzene rings is 3. The second-order valence-corrected chi connectivity index (χ2v) is 9.75. The maximum absolute atomic E-state index is 12.8. The van der Waals surface area contributed by atoms with Crippen molar-refractivity contribution < 1.29 is 13.2 Å². The van der Waals surface area contributed by atoms with Gasteiger partial charge < -0.3 is 0 Å². The third kappa shape index (κ3) is 6.03. The molecule has 0 heterocycles. The molecule has 0 unspecified atom stereocenters. The zero-order chi connectivity index (χ0) is 21.6. The first-order chi connectivity index (χ1) is 14.3. The second-order valence-electron chi connectivity index (χ2n) is 7.49. The van der Waals surface area contributed by atoms with E-state index in [4.69, 9.17) is 4.99 Å². The maximum atomic E-state index is 12.8. The molecule has 1 atom stereocenters. The van der Waals surface area contributed by atoms with E-state index in [2.05, 4.69) is 62.4 Å². The van der Waals surface area contributed by atoms with Crippen LogP contribution in [0.25, 0.3) is 0 Å². The van der Waals surface area contributed by atoms with Crippen molar-refractivity contribution >= 4 is 24.7 Å². The Hall–Kier alpha value is -2.45. The fourth-order valence-corrected chi connectivity index (χ4v) is 5.81. The summed E-state index contributed by atoms with van der Waals surface area (Å²) in [5.41, 5.74) is 0.0362. The Bertz CT molecular complexity index is 896. The van der Waals surface area contributed by atoms with Crippen LogP contribution >= 0.6 is 7.92 Å². The van der Waals surface area contributed by atoms with Crippen LogP contribution in [0.2, 0.25) is 0 Å². The van der Waals surface area contributed by atoms with E-state index in [1.165, 1.54) is 22.7 Å². The molecule has 156 valence electrons. The molecule has 3 rings (SSSR count). The highest BCUT2D eigenvalue weighted by atomic mass is 31.1. The highest BCUT2D eigenvalue weighted by Crippen LogP contribution is 2.36. The smallest absolute Gasteiger partial charge is 0.289 e. The Balaban J connectivity index is 1.83. The summed E-state index contributed by atoms with van der Waals surface area (Å²) in [6.07, 6.45) is -1.73. The van der Waals surface area contributed by atoms with Gasteiger partial charge in [0.25, 0.3) is 0 Å². The van der Waals surface area contributed by atoms with Crippen LogP contribution in [0, 0.1) is 5.92 Å². The Kier molecular flexibility index (Phi) is 7.44. The Morgan fingerprint density at radius 1 is 0.800 bits per heavy atom. The van der Waals surface area contributed by atoms with Gasteiger partial charge in [0.2, 0.25) is 0 Å². The molecule has 3 aromatic rings. The minimum absolute atomic E-state index is 0.0683. The lowest BCUT2D eigenvalue weighted by Gasteiger charge is -2.25. The molecular formula is C25H25F3NP. The average molecular weight is 427 g/mol. The fourth-order valence-electron chi connectivity index (χ4n) is 3.13. The normalized spacial score (nSPS) is 13.3. The summed E-state index contributed by atoms with van der Waals surface area (Å²) in [5, 5.41) is 2.60. The van der Waals surface area contributed by atoms with Crippen molar-refractivity contribution in [2.75, 3.05) is 6.16 Å². The summed E-state index contributed by atoms with van der Waals surface area (Å²) in [5.74, 6) is 0.313. The molecule has 30 heavy (non-hydrogen) atoms. The monoisotopic (exact) mass is 427 g/mol. The molecule has 0 fully saturated rings. The summed E-state index contributed by atoms with van der Waals surface area (Å²) in [6, 6.07) is 26.1. The maximum Gasteiger partial charge on any atom is 0.416 e. The van der Waals surface area contributed by atoms with Crippen molar-refractivity contribution in [1.29, 1.82) is 0 Å². The van der Waals surface area contributed by atoms with Crippen LogP contribution in [0.1, 0.15) is 25.0 Å². The molecule has 0 radical (unpaired) electrons. The molecule has 3 aromatic carbocycles. The zero-order valence-electron chi connectivity index (χ0n) is 17.1. The van der Waals surface area contributed by atoms with Gasteiger partial charge >= 0.3 is 6.18 Å². The van der Waals surface area contributed by atoms with Crippen LogP contribution in [0.4, 0.5) is 13.2 Å². The summed E-state index contributed by atoms with van der Waals surface area (Å²) >= 11 is 0. The average Bonchev–Trinajstić information content (AvgIpc) is 2.74. The number of hydrogen-bond donors (Lipinski definition) is 0. The summed E-state index contributed by atoms with van der Waals surface area (Å²) in [4.78, 5) is 4.79. The first-order valence-corrected chi connectivity index (χ1v) is 11.5. The Morgan fingerprint density at radius 3 is 1.73 bits per heavy atom. The second kappa shape index (κ2) is 10.0. The SMILES string of the molecule is CC(C)[C@@H](CP(c1ccccc1)c1ccccc1)N=Cc1ccc(C(F)(F)F)cc1.